The van der Waals surface area contributed by atoms with Crippen LogP contribution in [0.2, 0.25) is 5.02 Å². The number of hydrogen-bond acceptors (Lipinski definition) is 4. The zero-order chi connectivity index (χ0) is 16.2. The Bertz CT molecular complexity index is 520. The maximum atomic E-state index is 11.1. The molecule has 0 spiro atoms. The average Bonchev–Trinajstić information content (AvgIpc) is 2.33. The molecule has 0 aliphatic carbocycles. The lowest BCUT2D eigenvalue weighted by molar-refractivity contribution is -0.0198. The molecular formula is C15H23ClN2O3. The lowest BCUT2D eigenvalue weighted by atomic mass is 9.95. The lowest BCUT2D eigenvalue weighted by Gasteiger charge is -2.30. The number of primary amides is 1. The van der Waals surface area contributed by atoms with Crippen LogP contribution in [-0.2, 0) is 4.74 Å². The van der Waals surface area contributed by atoms with Crippen LogP contribution in [0.5, 0.6) is 5.88 Å². The Morgan fingerprint density at radius 1 is 1.43 bits per heavy atom. The number of nitrogens with two attached hydrogens (primary N) is 1. The fourth-order valence-electron chi connectivity index (χ4n) is 2.25. The zero-order valence-corrected chi connectivity index (χ0v) is 14.0. The SMILES string of the molecule is Cc1c(Cl)cnc(OCC(C)(CC(C)C)OC(N)=O)c1C. The van der Waals surface area contributed by atoms with E-state index in [9.17, 15) is 4.79 Å². The molecule has 5 nitrogen and oxygen atoms in total. The molecule has 1 amide bonds. The predicted molar refractivity (Wildman–Crippen MR) is 82.7 cm³/mol. The largest absolute Gasteiger partial charge is 0.473 e. The molecule has 118 valence electrons. The van der Waals surface area contributed by atoms with Crippen LogP contribution in [0.4, 0.5) is 4.79 Å². The molecule has 6 heteroatoms. The summed E-state index contributed by atoms with van der Waals surface area (Å²) in [6, 6.07) is 0. The van der Waals surface area contributed by atoms with Gasteiger partial charge in [0.2, 0.25) is 5.88 Å². The molecule has 1 aromatic heterocycles. The molecule has 2 N–H and O–H groups in total. The van der Waals surface area contributed by atoms with Gasteiger partial charge >= 0.3 is 6.09 Å². The van der Waals surface area contributed by atoms with E-state index in [4.69, 9.17) is 26.8 Å². The maximum Gasteiger partial charge on any atom is 0.405 e. The molecule has 0 radical (unpaired) electrons. The molecule has 1 heterocycles. The highest BCUT2D eigenvalue weighted by atomic mass is 35.5. The predicted octanol–water partition coefficient (Wildman–Crippen LogP) is 3.63. The molecule has 0 bridgehead atoms. The Hall–Kier alpha value is -1.49. The molecule has 1 unspecified atom stereocenters. The standard InChI is InChI=1S/C15H23ClN2O3/c1-9(2)6-15(5,21-14(17)19)8-20-13-11(4)10(3)12(16)7-18-13/h7,9H,6,8H2,1-5H3,(H2,17,19). The Balaban J connectivity index is 2.86. The Labute approximate surface area is 130 Å². The Morgan fingerprint density at radius 2 is 2.05 bits per heavy atom. The fraction of sp³-hybridized carbons (Fsp3) is 0.600. The molecule has 21 heavy (non-hydrogen) atoms. The van der Waals surface area contributed by atoms with Crippen molar-refractivity contribution in [1.82, 2.24) is 4.98 Å². The second-order valence-electron chi connectivity index (χ2n) is 5.92. The van der Waals surface area contributed by atoms with Gasteiger partial charge in [-0.3, -0.25) is 0 Å². The van der Waals surface area contributed by atoms with Gasteiger partial charge in [0.1, 0.15) is 12.2 Å². The summed E-state index contributed by atoms with van der Waals surface area (Å²) in [7, 11) is 0. The minimum absolute atomic E-state index is 0.184. The Morgan fingerprint density at radius 3 is 2.57 bits per heavy atom. The third-order valence-corrected chi connectivity index (χ3v) is 3.62. The van der Waals surface area contributed by atoms with Crippen molar-refractivity contribution in [3.63, 3.8) is 0 Å². The minimum atomic E-state index is -0.807. The van der Waals surface area contributed by atoms with Crippen molar-refractivity contribution >= 4 is 17.7 Å². The number of halogens is 1. The zero-order valence-electron chi connectivity index (χ0n) is 13.2. The first kappa shape index (κ1) is 17.6. The van der Waals surface area contributed by atoms with Crippen molar-refractivity contribution in [3.05, 3.63) is 22.3 Å². The molecule has 1 aromatic rings. The number of pyridine rings is 1. The van der Waals surface area contributed by atoms with E-state index in [2.05, 4.69) is 4.98 Å². The van der Waals surface area contributed by atoms with Crippen molar-refractivity contribution in [2.45, 2.75) is 46.6 Å². The number of amides is 1. The normalized spacial score (nSPS) is 13.9. The first-order valence-corrected chi connectivity index (χ1v) is 7.25. The maximum absolute atomic E-state index is 11.1. The number of carbonyl (C=O) groups excluding carboxylic acids is 1. The monoisotopic (exact) mass is 314 g/mol. The molecule has 0 aliphatic heterocycles. The van der Waals surface area contributed by atoms with Gasteiger partial charge in [-0.05, 0) is 38.7 Å². The molecule has 0 fully saturated rings. The van der Waals surface area contributed by atoms with E-state index in [-0.39, 0.29) is 6.61 Å². The van der Waals surface area contributed by atoms with Gasteiger partial charge in [-0.15, -0.1) is 0 Å². The Kier molecular flexibility index (Phi) is 5.84. The molecule has 0 aromatic carbocycles. The van der Waals surface area contributed by atoms with Gasteiger partial charge < -0.3 is 15.2 Å². The summed E-state index contributed by atoms with van der Waals surface area (Å²) in [5, 5.41) is 0.596. The van der Waals surface area contributed by atoms with Crippen LogP contribution < -0.4 is 10.5 Å². The summed E-state index contributed by atoms with van der Waals surface area (Å²) in [5.41, 5.74) is 6.15. The van der Waals surface area contributed by atoms with Crippen molar-refractivity contribution in [2.24, 2.45) is 11.7 Å². The van der Waals surface area contributed by atoms with E-state index in [0.717, 1.165) is 11.1 Å². The highest BCUT2D eigenvalue weighted by molar-refractivity contribution is 6.31. The molecule has 0 aliphatic rings. The molecule has 1 atom stereocenters. The van der Waals surface area contributed by atoms with E-state index in [1.54, 1.807) is 13.1 Å². The summed E-state index contributed by atoms with van der Waals surface area (Å²) in [5.74, 6) is 0.818. The third-order valence-electron chi connectivity index (χ3n) is 3.24. The number of ether oxygens (including phenoxy) is 2. The third kappa shape index (κ3) is 5.08. The summed E-state index contributed by atoms with van der Waals surface area (Å²) >= 11 is 6.01. The minimum Gasteiger partial charge on any atom is -0.473 e. The highest BCUT2D eigenvalue weighted by Gasteiger charge is 2.31. The van der Waals surface area contributed by atoms with E-state index in [1.165, 1.54) is 0 Å². The molecular weight excluding hydrogens is 292 g/mol. The van der Waals surface area contributed by atoms with Crippen molar-refractivity contribution in [3.8, 4) is 5.88 Å². The molecule has 1 rings (SSSR count). The van der Waals surface area contributed by atoms with E-state index in [1.807, 2.05) is 27.7 Å². The van der Waals surface area contributed by atoms with Crippen molar-refractivity contribution in [2.75, 3.05) is 6.61 Å². The lowest BCUT2D eigenvalue weighted by Crippen LogP contribution is -2.41. The number of hydrogen-bond donors (Lipinski definition) is 1. The van der Waals surface area contributed by atoms with Gasteiger partial charge in [-0.25, -0.2) is 9.78 Å². The van der Waals surface area contributed by atoms with Gasteiger partial charge in [0.15, 0.2) is 0 Å². The van der Waals surface area contributed by atoms with Crippen LogP contribution in [0.15, 0.2) is 6.20 Å². The average molecular weight is 315 g/mol. The van der Waals surface area contributed by atoms with Crippen LogP contribution in [0.1, 0.15) is 38.3 Å². The van der Waals surface area contributed by atoms with Crippen LogP contribution in [-0.4, -0.2) is 23.3 Å². The summed E-state index contributed by atoms with van der Waals surface area (Å²) in [6.07, 6.45) is 1.38. The number of aromatic nitrogens is 1. The fourth-order valence-corrected chi connectivity index (χ4v) is 2.44. The smallest absolute Gasteiger partial charge is 0.405 e. The van der Waals surface area contributed by atoms with Gasteiger partial charge in [-0.1, -0.05) is 25.4 Å². The molecule has 0 saturated carbocycles. The van der Waals surface area contributed by atoms with Crippen molar-refractivity contribution < 1.29 is 14.3 Å². The molecule has 0 saturated heterocycles. The van der Waals surface area contributed by atoms with Crippen molar-refractivity contribution in [1.29, 1.82) is 0 Å². The first-order chi connectivity index (χ1) is 9.64. The van der Waals surface area contributed by atoms with Crippen LogP contribution in [0, 0.1) is 19.8 Å². The summed E-state index contributed by atoms with van der Waals surface area (Å²) < 4.78 is 11.0. The van der Waals surface area contributed by atoms with Gasteiger partial charge in [0.25, 0.3) is 0 Å². The quantitative estimate of drug-likeness (QED) is 0.870. The van der Waals surface area contributed by atoms with Gasteiger partial charge in [0.05, 0.1) is 5.02 Å². The summed E-state index contributed by atoms with van der Waals surface area (Å²) in [4.78, 5) is 15.3. The number of carbonyl (C=O) groups is 1. The van der Waals surface area contributed by atoms with E-state index < -0.39 is 11.7 Å². The number of rotatable bonds is 6. The van der Waals surface area contributed by atoms with Gasteiger partial charge in [-0.2, -0.15) is 0 Å². The highest BCUT2D eigenvalue weighted by Crippen LogP contribution is 2.27. The first-order valence-electron chi connectivity index (χ1n) is 6.87. The van der Waals surface area contributed by atoms with Crippen LogP contribution in [0.25, 0.3) is 0 Å². The van der Waals surface area contributed by atoms with E-state index >= 15 is 0 Å². The van der Waals surface area contributed by atoms with Crippen LogP contribution >= 0.6 is 11.6 Å². The number of nitrogens with zero attached hydrogens (tertiary/aromatic N) is 1. The van der Waals surface area contributed by atoms with E-state index in [0.29, 0.717) is 23.2 Å². The topological polar surface area (TPSA) is 74.4 Å². The van der Waals surface area contributed by atoms with Gasteiger partial charge in [0, 0.05) is 11.8 Å². The summed E-state index contributed by atoms with van der Waals surface area (Å²) in [6.45, 7) is 9.85. The van der Waals surface area contributed by atoms with Crippen LogP contribution in [0.3, 0.4) is 0 Å². The second-order valence-corrected chi connectivity index (χ2v) is 6.33. The second kappa shape index (κ2) is 6.98.